The topological polar surface area (TPSA) is 55.8 Å². The second kappa shape index (κ2) is 24.0. The third-order valence-corrected chi connectivity index (χ3v) is 5.91. The van der Waals surface area contributed by atoms with E-state index in [9.17, 15) is 4.79 Å². The predicted molar refractivity (Wildman–Crippen MR) is 132 cm³/mol. The molecule has 0 aliphatic rings. The van der Waals surface area contributed by atoms with Crippen LogP contribution < -0.4 is 0 Å². The van der Waals surface area contributed by atoms with E-state index in [1.165, 1.54) is 89.9 Å². The number of carboxylic acids is 1. The van der Waals surface area contributed by atoms with Gasteiger partial charge in [0, 0.05) is 13.0 Å². The maximum absolute atomic E-state index is 10.4. The first-order valence-corrected chi connectivity index (χ1v) is 13.3. The smallest absolute Gasteiger partial charge is 0.303 e. The van der Waals surface area contributed by atoms with Gasteiger partial charge >= 0.3 is 5.97 Å². The van der Waals surface area contributed by atoms with Gasteiger partial charge in [-0.2, -0.15) is 0 Å². The Bertz CT molecular complexity index is 372. The van der Waals surface area contributed by atoms with E-state index in [4.69, 9.17) is 14.6 Å². The van der Waals surface area contributed by atoms with E-state index in [0.717, 1.165) is 19.3 Å². The van der Waals surface area contributed by atoms with Gasteiger partial charge in [0.1, 0.15) is 0 Å². The summed E-state index contributed by atoms with van der Waals surface area (Å²) < 4.78 is 11.5. The van der Waals surface area contributed by atoms with Crippen molar-refractivity contribution in [1.82, 2.24) is 0 Å². The zero-order valence-electron chi connectivity index (χ0n) is 21.0. The van der Waals surface area contributed by atoms with Gasteiger partial charge in [-0.15, -0.1) is 0 Å². The van der Waals surface area contributed by atoms with E-state index in [0.29, 0.717) is 25.7 Å². The van der Waals surface area contributed by atoms with Crippen LogP contribution in [0, 0.1) is 6.42 Å². The number of unbranched alkanes of at least 4 members (excludes halogenated alkanes) is 15. The lowest BCUT2D eigenvalue weighted by Gasteiger charge is -2.17. The van der Waals surface area contributed by atoms with Gasteiger partial charge in [-0.25, -0.2) is 0 Å². The minimum atomic E-state index is -0.659. The van der Waals surface area contributed by atoms with Gasteiger partial charge in [0.15, 0.2) is 0 Å². The number of aliphatic carboxylic acids is 1. The molecule has 0 aromatic carbocycles. The van der Waals surface area contributed by atoms with Gasteiger partial charge < -0.3 is 14.6 Å². The molecule has 0 aliphatic carbocycles. The molecule has 1 radical (unpaired) electrons. The fourth-order valence-corrected chi connectivity index (χ4v) is 3.87. The minimum Gasteiger partial charge on any atom is -0.481 e. The van der Waals surface area contributed by atoms with Crippen LogP contribution in [0.4, 0.5) is 0 Å². The zero-order valence-corrected chi connectivity index (χ0v) is 21.0. The summed E-state index contributed by atoms with van der Waals surface area (Å²) in [6.07, 6.45) is 24.8. The molecule has 4 heteroatoms. The van der Waals surface area contributed by atoms with Crippen LogP contribution in [0.15, 0.2) is 0 Å². The molecule has 0 saturated heterocycles. The Balaban J connectivity index is 3.17. The Kier molecular flexibility index (Phi) is 23.6. The molecule has 0 heterocycles. The van der Waals surface area contributed by atoms with Crippen LogP contribution in [0.2, 0.25) is 0 Å². The number of hydrogen-bond acceptors (Lipinski definition) is 3. The van der Waals surface area contributed by atoms with Crippen LogP contribution in [0.1, 0.15) is 136 Å². The van der Waals surface area contributed by atoms with Crippen molar-refractivity contribution in [2.45, 2.75) is 149 Å². The largest absolute Gasteiger partial charge is 0.481 e. The molecule has 1 N–H and O–H groups in total. The molecule has 4 nitrogen and oxygen atoms in total. The molecule has 2 atom stereocenters. The molecule has 0 bridgehead atoms. The molecule has 0 saturated carbocycles. The second-order valence-electron chi connectivity index (χ2n) is 9.29. The van der Waals surface area contributed by atoms with Crippen molar-refractivity contribution in [3.8, 4) is 0 Å². The lowest BCUT2D eigenvalue weighted by Crippen LogP contribution is -2.20. The molecule has 0 aromatic rings. The van der Waals surface area contributed by atoms with Crippen molar-refractivity contribution in [2.75, 3.05) is 13.2 Å². The van der Waals surface area contributed by atoms with Crippen molar-refractivity contribution < 1.29 is 19.4 Å². The van der Waals surface area contributed by atoms with Crippen molar-refractivity contribution in [2.24, 2.45) is 0 Å². The van der Waals surface area contributed by atoms with Crippen LogP contribution in [0.3, 0.4) is 0 Å². The van der Waals surface area contributed by atoms with Gasteiger partial charge in [-0.3, -0.25) is 4.79 Å². The Morgan fingerprint density at radius 1 is 0.677 bits per heavy atom. The average molecular weight is 442 g/mol. The van der Waals surface area contributed by atoms with Gasteiger partial charge in [0.2, 0.25) is 0 Å². The summed E-state index contributed by atoms with van der Waals surface area (Å²) >= 11 is 0. The van der Waals surface area contributed by atoms with E-state index in [2.05, 4.69) is 13.8 Å². The van der Waals surface area contributed by atoms with E-state index < -0.39 is 5.97 Å². The van der Waals surface area contributed by atoms with Gasteiger partial charge in [-0.1, -0.05) is 103 Å². The summed E-state index contributed by atoms with van der Waals surface area (Å²) in [4.78, 5) is 10.4. The molecule has 185 valence electrons. The Morgan fingerprint density at radius 2 is 1.10 bits per heavy atom. The lowest BCUT2D eigenvalue weighted by molar-refractivity contribution is -0.137. The monoisotopic (exact) mass is 441 g/mol. The van der Waals surface area contributed by atoms with Crippen molar-refractivity contribution in [3.63, 3.8) is 0 Å². The first kappa shape index (κ1) is 30.4. The summed E-state index contributed by atoms with van der Waals surface area (Å²) in [5.41, 5.74) is 0. The fraction of sp³-hybridized carbons (Fsp3) is 0.926. The summed E-state index contributed by atoms with van der Waals surface area (Å²) in [7, 11) is 0. The standard InChI is InChI=1S/C27H53O4/c1-4-23-30-26(3)24-31-25(2)21-19-17-15-13-11-9-7-5-6-8-10-12-14-16-18-20-22-27(28)29/h4,25-26H,5-24H2,1-3H3,(H,28,29). The molecular formula is C27H53O4. The maximum Gasteiger partial charge on any atom is 0.303 e. The molecule has 0 fully saturated rings. The summed E-state index contributed by atoms with van der Waals surface area (Å²) in [6, 6.07) is 0. The normalized spacial score (nSPS) is 13.4. The first-order chi connectivity index (χ1) is 15.1. The predicted octanol–water partition coefficient (Wildman–Crippen LogP) is 8.13. The Labute approximate surface area is 193 Å². The highest BCUT2D eigenvalue weighted by Crippen LogP contribution is 2.15. The molecule has 2 unspecified atom stereocenters. The molecular weight excluding hydrogens is 388 g/mol. The molecule has 0 spiro atoms. The summed E-state index contributed by atoms with van der Waals surface area (Å²) in [6.45, 7) is 7.67. The zero-order chi connectivity index (χ0) is 23.0. The molecule has 31 heavy (non-hydrogen) atoms. The molecule has 0 rings (SSSR count). The number of ether oxygens (including phenoxy) is 2. The van der Waals surface area contributed by atoms with Crippen LogP contribution in [-0.4, -0.2) is 36.5 Å². The SMILES string of the molecule is C[CH]COC(C)COC(C)CCCCCCCCCCCCCCCCCCC(=O)O. The summed E-state index contributed by atoms with van der Waals surface area (Å²) in [5.74, 6) is -0.659. The number of hydrogen-bond donors (Lipinski definition) is 1. The van der Waals surface area contributed by atoms with Crippen LogP contribution in [-0.2, 0) is 14.3 Å². The van der Waals surface area contributed by atoms with Crippen molar-refractivity contribution in [1.29, 1.82) is 0 Å². The Morgan fingerprint density at radius 3 is 1.52 bits per heavy atom. The fourth-order valence-electron chi connectivity index (χ4n) is 3.87. The third-order valence-electron chi connectivity index (χ3n) is 5.91. The van der Waals surface area contributed by atoms with E-state index >= 15 is 0 Å². The van der Waals surface area contributed by atoms with E-state index in [1.807, 2.05) is 13.3 Å². The van der Waals surface area contributed by atoms with Crippen molar-refractivity contribution in [3.05, 3.63) is 6.42 Å². The van der Waals surface area contributed by atoms with E-state index in [1.54, 1.807) is 0 Å². The first-order valence-electron chi connectivity index (χ1n) is 13.3. The third kappa shape index (κ3) is 25.5. The van der Waals surface area contributed by atoms with Crippen LogP contribution >= 0.6 is 0 Å². The van der Waals surface area contributed by atoms with Crippen LogP contribution in [0.25, 0.3) is 0 Å². The lowest BCUT2D eigenvalue weighted by atomic mass is 10.0. The minimum absolute atomic E-state index is 0.181. The van der Waals surface area contributed by atoms with Crippen LogP contribution in [0.5, 0.6) is 0 Å². The van der Waals surface area contributed by atoms with Crippen molar-refractivity contribution >= 4 is 5.97 Å². The maximum atomic E-state index is 10.4. The summed E-state index contributed by atoms with van der Waals surface area (Å²) in [5, 5.41) is 8.60. The number of rotatable bonds is 25. The second-order valence-corrected chi connectivity index (χ2v) is 9.29. The highest BCUT2D eigenvalue weighted by Gasteiger charge is 2.06. The van der Waals surface area contributed by atoms with Gasteiger partial charge in [0.25, 0.3) is 0 Å². The van der Waals surface area contributed by atoms with Gasteiger partial charge in [-0.05, 0) is 33.1 Å². The highest BCUT2D eigenvalue weighted by atomic mass is 16.5. The quantitative estimate of drug-likeness (QED) is 0.145. The number of carboxylic acid groups (broad SMARTS) is 1. The Hall–Kier alpha value is -0.610. The number of carbonyl (C=O) groups is 1. The molecule has 0 aliphatic heterocycles. The average Bonchev–Trinajstić information content (AvgIpc) is 2.75. The van der Waals surface area contributed by atoms with E-state index in [-0.39, 0.29) is 6.10 Å². The molecule has 0 aromatic heterocycles. The highest BCUT2D eigenvalue weighted by molar-refractivity contribution is 5.66. The van der Waals surface area contributed by atoms with Gasteiger partial charge in [0.05, 0.1) is 18.8 Å². The molecule has 0 amide bonds.